The second kappa shape index (κ2) is 4.85. The van der Waals surface area contributed by atoms with Gasteiger partial charge in [0.1, 0.15) is 10.0 Å². The molecule has 0 atom stereocenters. The second-order valence-electron chi connectivity index (χ2n) is 4.89. The van der Waals surface area contributed by atoms with Crippen LogP contribution < -0.4 is 4.72 Å². The molecule has 3 aromatic rings. The Labute approximate surface area is 127 Å². The number of thiophene rings is 1. The van der Waals surface area contributed by atoms with Crippen molar-refractivity contribution in [3.8, 4) is 0 Å². The molecule has 0 fully saturated rings. The number of nitrogens with one attached hydrogen (secondary N) is 1. The van der Waals surface area contributed by atoms with Gasteiger partial charge in [-0.3, -0.25) is 4.72 Å². The van der Waals surface area contributed by atoms with E-state index >= 15 is 0 Å². The van der Waals surface area contributed by atoms with Gasteiger partial charge in [-0.05, 0) is 44.2 Å². The van der Waals surface area contributed by atoms with Gasteiger partial charge in [-0.2, -0.15) is 0 Å². The van der Waals surface area contributed by atoms with Crippen LogP contribution in [0, 0.1) is 13.8 Å². The fourth-order valence-corrected chi connectivity index (χ4v) is 4.48. The van der Waals surface area contributed by atoms with Crippen LogP contribution >= 0.6 is 11.3 Å². The van der Waals surface area contributed by atoms with Gasteiger partial charge in [0.15, 0.2) is 0 Å². The summed E-state index contributed by atoms with van der Waals surface area (Å²) in [6.07, 6.45) is 0. The third-order valence-corrected chi connectivity index (χ3v) is 6.21. The summed E-state index contributed by atoms with van der Waals surface area (Å²) in [5.74, 6) is 0.888. The van der Waals surface area contributed by atoms with E-state index in [1.165, 1.54) is 11.3 Å². The molecule has 0 amide bonds. The largest absolute Gasteiger partial charge is 0.331 e. The summed E-state index contributed by atoms with van der Waals surface area (Å²) in [6.45, 7) is 3.80. The first-order valence-electron chi connectivity index (χ1n) is 6.39. The first-order valence-corrected chi connectivity index (χ1v) is 8.69. The number of aryl methyl sites for hydroxylation is 3. The Morgan fingerprint density at radius 3 is 2.62 bits per heavy atom. The lowest BCUT2D eigenvalue weighted by molar-refractivity contribution is 0.603. The predicted molar refractivity (Wildman–Crippen MR) is 85.3 cm³/mol. The molecule has 0 aliphatic heterocycles. The minimum absolute atomic E-state index is 0.317. The molecule has 21 heavy (non-hydrogen) atoms. The van der Waals surface area contributed by atoms with E-state index in [2.05, 4.69) is 9.71 Å². The van der Waals surface area contributed by atoms with Crippen molar-refractivity contribution in [1.29, 1.82) is 0 Å². The number of rotatable bonds is 3. The van der Waals surface area contributed by atoms with Gasteiger partial charge >= 0.3 is 0 Å². The monoisotopic (exact) mass is 321 g/mol. The molecule has 0 unspecified atom stereocenters. The highest BCUT2D eigenvalue weighted by molar-refractivity contribution is 7.94. The van der Waals surface area contributed by atoms with E-state index < -0.39 is 10.0 Å². The molecule has 7 heteroatoms. The molecule has 5 nitrogen and oxygen atoms in total. The highest BCUT2D eigenvalue weighted by Gasteiger charge is 2.16. The van der Waals surface area contributed by atoms with Crippen LogP contribution in [0.25, 0.3) is 11.0 Å². The van der Waals surface area contributed by atoms with Crippen LogP contribution in [0.3, 0.4) is 0 Å². The van der Waals surface area contributed by atoms with E-state index in [1.54, 1.807) is 24.3 Å². The van der Waals surface area contributed by atoms with Gasteiger partial charge < -0.3 is 4.57 Å². The van der Waals surface area contributed by atoms with Crippen molar-refractivity contribution in [3.63, 3.8) is 0 Å². The maximum absolute atomic E-state index is 12.3. The Bertz CT molecular complexity index is 923. The number of imidazole rings is 1. The molecule has 0 aliphatic rings. The Morgan fingerprint density at radius 2 is 1.95 bits per heavy atom. The standard InChI is InChI=1S/C14H15N3O2S2/c1-9-4-7-14(20-9)21(18,19)16-11-5-6-13-12(8-11)15-10(2)17(13)3/h4-8,16H,1-3H3. The summed E-state index contributed by atoms with van der Waals surface area (Å²) in [5.41, 5.74) is 2.27. The number of benzene rings is 1. The van der Waals surface area contributed by atoms with E-state index in [0.29, 0.717) is 9.90 Å². The van der Waals surface area contributed by atoms with Crippen LogP contribution in [0.2, 0.25) is 0 Å². The number of hydrogen-bond acceptors (Lipinski definition) is 4. The number of aromatic nitrogens is 2. The van der Waals surface area contributed by atoms with Crippen molar-refractivity contribution < 1.29 is 8.42 Å². The van der Waals surface area contributed by atoms with Crippen LogP contribution in [-0.2, 0) is 17.1 Å². The molecule has 110 valence electrons. The van der Waals surface area contributed by atoms with E-state index in [1.807, 2.05) is 31.5 Å². The van der Waals surface area contributed by atoms with Gasteiger partial charge in [-0.1, -0.05) is 0 Å². The molecule has 0 bridgehead atoms. The summed E-state index contributed by atoms with van der Waals surface area (Å²) in [4.78, 5) is 5.38. The number of sulfonamides is 1. The summed E-state index contributed by atoms with van der Waals surface area (Å²) < 4.78 is 29.5. The van der Waals surface area contributed by atoms with Crippen LogP contribution in [0.15, 0.2) is 34.5 Å². The minimum atomic E-state index is -3.53. The Hall–Kier alpha value is -1.86. The zero-order chi connectivity index (χ0) is 15.2. The topological polar surface area (TPSA) is 64.0 Å². The number of nitrogens with zero attached hydrogens (tertiary/aromatic N) is 2. The average molecular weight is 321 g/mol. The molecule has 0 spiro atoms. The van der Waals surface area contributed by atoms with Crippen LogP contribution in [-0.4, -0.2) is 18.0 Å². The van der Waals surface area contributed by atoms with Crippen molar-refractivity contribution in [2.24, 2.45) is 7.05 Å². The molecule has 1 N–H and O–H groups in total. The number of hydrogen-bond donors (Lipinski definition) is 1. The summed E-state index contributed by atoms with van der Waals surface area (Å²) in [7, 11) is -1.60. The Morgan fingerprint density at radius 1 is 1.19 bits per heavy atom. The van der Waals surface area contributed by atoms with Gasteiger partial charge in [0.2, 0.25) is 0 Å². The molecule has 0 radical (unpaired) electrons. The second-order valence-corrected chi connectivity index (χ2v) is 8.09. The fourth-order valence-electron chi connectivity index (χ4n) is 2.15. The number of anilines is 1. The molecular weight excluding hydrogens is 306 g/mol. The lowest BCUT2D eigenvalue weighted by Crippen LogP contribution is -2.11. The van der Waals surface area contributed by atoms with Gasteiger partial charge in [0.25, 0.3) is 10.0 Å². The third kappa shape index (κ3) is 2.54. The van der Waals surface area contributed by atoms with Crippen molar-refractivity contribution >= 4 is 38.1 Å². The highest BCUT2D eigenvalue weighted by atomic mass is 32.2. The Balaban J connectivity index is 1.98. The lowest BCUT2D eigenvalue weighted by Gasteiger charge is -2.06. The quantitative estimate of drug-likeness (QED) is 0.806. The first kappa shape index (κ1) is 14.1. The molecule has 0 aliphatic carbocycles. The van der Waals surface area contributed by atoms with Crippen molar-refractivity contribution in [1.82, 2.24) is 9.55 Å². The Kier molecular flexibility index (Phi) is 3.26. The SMILES string of the molecule is Cc1ccc(S(=O)(=O)Nc2ccc3c(c2)nc(C)n3C)s1. The maximum Gasteiger partial charge on any atom is 0.271 e. The summed E-state index contributed by atoms with van der Waals surface area (Å²) in [6, 6.07) is 8.78. The maximum atomic E-state index is 12.3. The average Bonchev–Trinajstić information content (AvgIpc) is 2.95. The van der Waals surface area contributed by atoms with E-state index in [-0.39, 0.29) is 0 Å². The van der Waals surface area contributed by atoms with Gasteiger partial charge in [0.05, 0.1) is 16.7 Å². The first-order chi connectivity index (χ1) is 9.87. The normalized spacial score (nSPS) is 12.0. The number of fused-ring (bicyclic) bond motifs is 1. The molecule has 1 aromatic carbocycles. The van der Waals surface area contributed by atoms with E-state index in [0.717, 1.165) is 21.7 Å². The minimum Gasteiger partial charge on any atom is -0.331 e. The predicted octanol–water partition coefficient (Wildman–Crippen LogP) is 3.05. The van der Waals surface area contributed by atoms with Gasteiger partial charge in [-0.15, -0.1) is 11.3 Å². The van der Waals surface area contributed by atoms with Crippen LogP contribution in [0.5, 0.6) is 0 Å². The third-order valence-electron chi connectivity index (χ3n) is 3.34. The summed E-state index contributed by atoms with van der Waals surface area (Å²) >= 11 is 1.25. The van der Waals surface area contributed by atoms with Crippen LogP contribution in [0.4, 0.5) is 5.69 Å². The smallest absolute Gasteiger partial charge is 0.271 e. The molecular formula is C14H15N3O2S2. The van der Waals surface area contributed by atoms with Crippen LogP contribution in [0.1, 0.15) is 10.7 Å². The zero-order valence-electron chi connectivity index (χ0n) is 11.9. The molecule has 2 heterocycles. The molecule has 0 saturated heterocycles. The summed E-state index contributed by atoms with van der Waals surface area (Å²) in [5, 5.41) is 0. The molecule has 0 saturated carbocycles. The van der Waals surface area contributed by atoms with Crippen molar-refractivity contribution in [3.05, 3.63) is 41.0 Å². The molecule has 3 rings (SSSR count). The lowest BCUT2D eigenvalue weighted by atomic mass is 10.3. The molecule has 2 aromatic heterocycles. The zero-order valence-corrected chi connectivity index (χ0v) is 13.5. The fraction of sp³-hybridized carbons (Fsp3) is 0.214. The van der Waals surface area contributed by atoms with Gasteiger partial charge in [-0.25, -0.2) is 13.4 Å². The van der Waals surface area contributed by atoms with E-state index in [4.69, 9.17) is 0 Å². The van der Waals surface area contributed by atoms with Crippen molar-refractivity contribution in [2.45, 2.75) is 18.1 Å². The van der Waals surface area contributed by atoms with Gasteiger partial charge in [0, 0.05) is 11.9 Å². The highest BCUT2D eigenvalue weighted by Crippen LogP contribution is 2.25. The van der Waals surface area contributed by atoms with E-state index in [9.17, 15) is 8.42 Å². The van der Waals surface area contributed by atoms with Crippen molar-refractivity contribution in [2.75, 3.05) is 4.72 Å².